The third-order valence-corrected chi connectivity index (χ3v) is 1.57. The Kier molecular flexibility index (Phi) is 1.85. The van der Waals surface area contributed by atoms with E-state index >= 15 is 0 Å². The molecule has 5 heteroatoms. The van der Waals surface area contributed by atoms with E-state index in [4.69, 9.17) is 0 Å². The van der Waals surface area contributed by atoms with Crippen molar-refractivity contribution in [3.05, 3.63) is 0 Å². The molecule has 0 bridgehead atoms. The normalized spacial score (nSPS) is 31.5. The van der Waals surface area contributed by atoms with Gasteiger partial charge >= 0.3 is 0 Å². The molecular formula is C5H7F4N. The molecule has 1 nitrogen and oxygen atoms in total. The first-order chi connectivity index (χ1) is 4.54. The molecule has 0 aromatic rings. The molecule has 1 heterocycles. The maximum atomic E-state index is 12.3. The summed E-state index contributed by atoms with van der Waals surface area (Å²) in [6.45, 7) is -0.910. The smallest absolute Gasteiger partial charge is 0.269 e. The van der Waals surface area contributed by atoms with Crippen molar-refractivity contribution in [1.29, 1.82) is 0 Å². The van der Waals surface area contributed by atoms with Crippen LogP contribution in [0.25, 0.3) is 0 Å². The van der Waals surface area contributed by atoms with E-state index in [0.29, 0.717) is 0 Å². The topological polar surface area (TPSA) is 12.0 Å². The van der Waals surface area contributed by atoms with Gasteiger partial charge in [0.05, 0.1) is 12.5 Å². The molecular weight excluding hydrogens is 150 g/mol. The molecule has 0 aromatic heterocycles. The lowest BCUT2D eigenvalue weighted by molar-refractivity contribution is -0.0816. The van der Waals surface area contributed by atoms with E-state index < -0.39 is 24.8 Å². The number of hydrogen-bond acceptors (Lipinski definition) is 1. The van der Waals surface area contributed by atoms with Crippen molar-refractivity contribution in [2.45, 2.75) is 12.3 Å². The van der Waals surface area contributed by atoms with E-state index in [9.17, 15) is 17.6 Å². The molecule has 1 rings (SSSR count). The highest BCUT2D eigenvalue weighted by Gasteiger charge is 2.48. The van der Waals surface area contributed by atoms with Crippen LogP contribution in [-0.2, 0) is 0 Å². The zero-order valence-electron chi connectivity index (χ0n) is 5.08. The van der Waals surface area contributed by atoms with Gasteiger partial charge in [0.2, 0.25) is 6.43 Å². The van der Waals surface area contributed by atoms with Gasteiger partial charge in [-0.2, -0.15) is 0 Å². The Hall–Kier alpha value is -0.320. The van der Waals surface area contributed by atoms with Crippen LogP contribution in [0.2, 0.25) is 0 Å². The summed E-state index contributed by atoms with van der Waals surface area (Å²) >= 11 is 0. The van der Waals surface area contributed by atoms with E-state index in [1.54, 1.807) is 0 Å². The van der Waals surface area contributed by atoms with Gasteiger partial charge in [-0.15, -0.1) is 0 Å². The van der Waals surface area contributed by atoms with Crippen molar-refractivity contribution in [3.63, 3.8) is 0 Å². The predicted octanol–water partition coefficient (Wildman–Crippen LogP) is 1.11. The molecule has 0 amide bonds. The second-order valence-electron chi connectivity index (χ2n) is 2.33. The Morgan fingerprint density at radius 2 is 2.00 bits per heavy atom. The average Bonchev–Trinajstić information content (AvgIpc) is 2.08. The molecule has 0 aromatic carbocycles. The second kappa shape index (κ2) is 2.38. The molecule has 10 heavy (non-hydrogen) atoms. The van der Waals surface area contributed by atoms with Gasteiger partial charge in [0.1, 0.15) is 0 Å². The Morgan fingerprint density at radius 1 is 1.40 bits per heavy atom. The van der Waals surface area contributed by atoms with Crippen LogP contribution >= 0.6 is 0 Å². The molecule has 1 N–H and O–H groups in total. The molecule has 60 valence electrons. The van der Waals surface area contributed by atoms with E-state index in [1.807, 2.05) is 0 Å². The van der Waals surface area contributed by atoms with Crippen molar-refractivity contribution in [2.75, 3.05) is 13.1 Å². The molecule has 0 saturated carbocycles. The van der Waals surface area contributed by atoms with Gasteiger partial charge in [0.15, 0.2) is 0 Å². The lowest BCUT2D eigenvalue weighted by atomic mass is 10.1. The van der Waals surface area contributed by atoms with Gasteiger partial charge in [0, 0.05) is 6.54 Å². The number of nitrogens with one attached hydrogen (secondary N) is 1. The highest BCUT2D eigenvalue weighted by molar-refractivity contribution is 4.88. The van der Waals surface area contributed by atoms with Crippen LogP contribution in [0.5, 0.6) is 0 Å². The fourth-order valence-electron chi connectivity index (χ4n) is 0.948. The lowest BCUT2D eigenvalue weighted by Gasteiger charge is -2.15. The minimum atomic E-state index is -3.23. The van der Waals surface area contributed by atoms with Crippen molar-refractivity contribution >= 4 is 0 Å². The summed E-state index contributed by atoms with van der Waals surface area (Å²) in [5.41, 5.74) is 0. The van der Waals surface area contributed by atoms with Gasteiger partial charge in [-0.3, -0.25) is 0 Å². The van der Waals surface area contributed by atoms with Crippen LogP contribution in [0.1, 0.15) is 0 Å². The summed E-state index contributed by atoms with van der Waals surface area (Å²) in [5.74, 6) is -5.03. The van der Waals surface area contributed by atoms with Crippen LogP contribution in [0.4, 0.5) is 17.6 Å². The zero-order chi connectivity index (χ0) is 7.78. The summed E-state index contributed by atoms with van der Waals surface area (Å²) in [5, 5.41) is 2.21. The minimum absolute atomic E-state index is 0.287. The monoisotopic (exact) mass is 157 g/mol. The summed E-state index contributed by atoms with van der Waals surface area (Å²) in [6, 6.07) is 0. The maximum absolute atomic E-state index is 12.3. The third-order valence-electron chi connectivity index (χ3n) is 1.57. The SMILES string of the molecule is FC(F)C1CNCC1(F)F. The van der Waals surface area contributed by atoms with Crippen molar-refractivity contribution in [2.24, 2.45) is 5.92 Å². The van der Waals surface area contributed by atoms with Crippen LogP contribution < -0.4 is 5.32 Å². The summed E-state index contributed by atoms with van der Waals surface area (Å²) in [4.78, 5) is 0. The van der Waals surface area contributed by atoms with E-state index in [-0.39, 0.29) is 6.54 Å². The van der Waals surface area contributed by atoms with E-state index in [1.165, 1.54) is 0 Å². The molecule has 1 aliphatic heterocycles. The standard InChI is InChI=1S/C5H7F4N/c6-4(7)3-1-10-2-5(3,8)9/h3-4,10H,1-2H2. The fourth-order valence-corrected chi connectivity index (χ4v) is 0.948. The van der Waals surface area contributed by atoms with E-state index in [2.05, 4.69) is 5.32 Å². The second-order valence-corrected chi connectivity index (χ2v) is 2.33. The average molecular weight is 157 g/mol. The lowest BCUT2D eigenvalue weighted by Crippen LogP contribution is -2.31. The molecule has 1 unspecified atom stereocenters. The predicted molar refractivity (Wildman–Crippen MR) is 27.3 cm³/mol. The quantitative estimate of drug-likeness (QED) is 0.562. The molecule has 0 radical (unpaired) electrons. The molecule has 1 atom stereocenters. The number of alkyl halides is 4. The van der Waals surface area contributed by atoms with Gasteiger partial charge in [-0.25, -0.2) is 17.6 Å². The molecule has 1 fully saturated rings. The highest BCUT2D eigenvalue weighted by atomic mass is 19.3. The Labute approximate surface area is 55.4 Å². The third kappa shape index (κ3) is 1.23. The van der Waals surface area contributed by atoms with Crippen LogP contribution in [0.15, 0.2) is 0 Å². The maximum Gasteiger partial charge on any atom is 0.269 e. The highest BCUT2D eigenvalue weighted by Crippen LogP contribution is 2.32. The van der Waals surface area contributed by atoms with Crippen LogP contribution in [0.3, 0.4) is 0 Å². The van der Waals surface area contributed by atoms with Crippen LogP contribution in [0, 0.1) is 5.92 Å². The fraction of sp³-hybridized carbons (Fsp3) is 1.00. The molecule has 0 spiro atoms. The van der Waals surface area contributed by atoms with Gasteiger partial charge in [0.25, 0.3) is 5.92 Å². The summed E-state index contributed by atoms with van der Waals surface area (Å²) < 4.78 is 48.1. The largest absolute Gasteiger partial charge is 0.310 e. The minimum Gasteiger partial charge on any atom is -0.310 e. The van der Waals surface area contributed by atoms with Gasteiger partial charge in [-0.05, 0) is 0 Å². The van der Waals surface area contributed by atoms with Crippen molar-refractivity contribution < 1.29 is 17.6 Å². The first-order valence-electron chi connectivity index (χ1n) is 2.91. The summed E-state index contributed by atoms with van der Waals surface area (Å²) in [7, 11) is 0. The Balaban J connectivity index is 2.59. The molecule has 1 aliphatic rings. The van der Waals surface area contributed by atoms with Crippen molar-refractivity contribution in [1.82, 2.24) is 5.32 Å². The first kappa shape index (κ1) is 7.78. The zero-order valence-corrected chi connectivity index (χ0v) is 5.08. The van der Waals surface area contributed by atoms with Crippen LogP contribution in [-0.4, -0.2) is 25.4 Å². The number of hydrogen-bond donors (Lipinski definition) is 1. The van der Waals surface area contributed by atoms with Gasteiger partial charge in [-0.1, -0.05) is 0 Å². The Bertz CT molecular complexity index is 125. The first-order valence-corrected chi connectivity index (χ1v) is 2.91. The van der Waals surface area contributed by atoms with E-state index in [0.717, 1.165) is 0 Å². The number of rotatable bonds is 1. The van der Waals surface area contributed by atoms with Crippen molar-refractivity contribution in [3.8, 4) is 0 Å². The molecule has 1 saturated heterocycles. The van der Waals surface area contributed by atoms with Gasteiger partial charge < -0.3 is 5.32 Å². The number of halogens is 4. The Morgan fingerprint density at radius 3 is 2.20 bits per heavy atom. The summed E-state index contributed by atoms with van der Waals surface area (Å²) in [6.07, 6.45) is -2.93. The molecule has 0 aliphatic carbocycles.